The average molecular weight is 887 g/mol. The molecule has 3 fully saturated rings. The molecule has 64 heavy (non-hydrogen) atoms. The van der Waals surface area contributed by atoms with Crippen LogP contribution in [0.2, 0.25) is 0 Å². The van der Waals surface area contributed by atoms with E-state index >= 15 is 0 Å². The van der Waals surface area contributed by atoms with Gasteiger partial charge in [0, 0.05) is 72.6 Å². The van der Waals surface area contributed by atoms with Crippen molar-refractivity contribution < 1.29 is 28.8 Å². The minimum atomic E-state index is -0.564. The Kier molecular flexibility index (Phi) is 19.2. The van der Waals surface area contributed by atoms with Gasteiger partial charge in [0.25, 0.3) is 0 Å². The van der Waals surface area contributed by atoms with E-state index in [2.05, 4.69) is 82.9 Å². The maximum absolute atomic E-state index is 13.5. The Hall–Kier alpha value is -4.74. The van der Waals surface area contributed by atoms with Crippen LogP contribution in [0.3, 0.4) is 0 Å². The van der Waals surface area contributed by atoms with Crippen molar-refractivity contribution in [3.05, 3.63) is 72.9 Å². The summed E-state index contributed by atoms with van der Waals surface area (Å²) in [6.45, 7) is 34.1. The Labute approximate surface area is 385 Å². The van der Waals surface area contributed by atoms with Crippen molar-refractivity contribution in [2.45, 2.75) is 158 Å². The normalized spacial score (nSPS) is 29.3. The van der Waals surface area contributed by atoms with E-state index in [0.717, 1.165) is 32.2 Å². The lowest BCUT2D eigenvalue weighted by molar-refractivity contribution is -0.128. The molecule has 0 aliphatic heterocycles. The monoisotopic (exact) mass is 887 g/mol. The molecule has 6 atom stereocenters. The van der Waals surface area contributed by atoms with Crippen LogP contribution >= 0.6 is 0 Å². The highest BCUT2D eigenvalue weighted by Crippen LogP contribution is 2.47. The van der Waals surface area contributed by atoms with Gasteiger partial charge in [-0.3, -0.25) is 28.8 Å². The summed E-state index contributed by atoms with van der Waals surface area (Å²) in [6, 6.07) is -0.189. The zero-order chi connectivity index (χ0) is 48.2. The molecule has 3 aliphatic carbocycles. The largest absolute Gasteiger partial charge is 0.350 e. The molecule has 0 heterocycles. The standard InChI is InChI=1S/C52H82N6O6/c1-15-43(59)55-51(13)29-37(7)41(31-49(51,9)10)53-44(60)23-19-21-36(6)48(64)56-52(14)30-38(8)42(32-50(52,11)12)54-47(63)35(5)22-20-24-46(62)58(18-4)34-40-27-25-39(26-28-40)33-57(17-3)45(61)16-2/h15-16,19-24,37-42H,1-2,17-18,25-34H2,3-14H3,(H,53,60)(H,54,63)(H,55,59)(H,56,64)/b23-19-,24-20+,35-22+,36-21-. The van der Waals surface area contributed by atoms with Crippen molar-refractivity contribution in [3.63, 3.8) is 0 Å². The summed E-state index contributed by atoms with van der Waals surface area (Å²) in [5.74, 6) is 0.141. The van der Waals surface area contributed by atoms with Gasteiger partial charge in [0.15, 0.2) is 0 Å². The number of likely N-dealkylation sites (N-methyl/N-ethyl adjacent to an activating group) is 2. The zero-order valence-electron chi connectivity index (χ0n) is 41.3. The van der Waals surface area contributed by atoms with Gasteiger partial charge in [0.05, 0.1) is 0 Å². The van der Waals surface area contributed by atoms with Gasteiger partial charge in [0.2, 0.25) is 35.4 Å². The summed E-state index contributed by atoms with van der Waals surface area (Å²) in [7, 11) is 0. The molecule has 0 aromatic rings. The Morgan fingerprint density at radius 2 is 1.02 bits per heavy atom. The van der Waals surface area contributed by atoms with E-state index < -0.39 is 11.1 Å². The Balaban J connectivity index is 1.51. The van der Waals surface area contributed by atoms with Gasteiger partial charge in [-0.15, -0.1) is 0 Å². The quantitative estimate of drug-likeness (QED) is 0.0826. The molecule has 0 radical (unpaired) electrons. The predicted molar refractivity (Wildman–Crippen MR) is 257 cm³/mol. The Morgan fingerprint density at radius 1 is 0.578 bits per heavy atom. The van der Waals surface area contributed by atoms with E-state index in [4.69, 9.17) is 0 Å². The van der Waals surface area contributed by atoms with E-state index in [1.807, 2.05) is 30.6 Å². The molecule has 3 saturated carbocycles. The van der Waals surface area contributed by atoms with Crippen LogP contribution in [0, 0.1) is 34.5 Å². The van der Waals surface area contributed by atoms with Crippen molar-refractivity contribution in [2.24, 2.45) is 34.5 Å². The molecule has 6 amide bonds. The van der Waals surface area contributed by atoms with Crippen LogP contribution in [0.5, 0.6) is 0 Å². The summed E-state index contributed by atoms with van der Waals surface area (Å²) < 4.78 is 0. The first-order chi connectivity index (χ1) is 29.8. The van der Waals surface area contributed by atoms with Gasteiger partial charge < -0.3 is 31.1 Å². The fourth-order valence-corrected chi connectivity index (χ4v) is 10.00. The fraction of sp³-hybridized carbons (Fsp3) is 0.654. The summed E-state index contributed by atoms with van der Waals surface area (Å²) in [4.78, 5) is 81.1. The average Bonchev–Trinajstić information content (AvgIpc) is 3.22. The van der Waals surface area contributed by atoms with Gasteiger partial charge >= 0.3 is 0 Å². The van der Waals surface area contributed by atoms with Crippen LogP contribution in [0.1, 0.15) is 134 Å². The van der Waals surface area contributed by atoms with Crippen molar-refractivity contribution in [1.29, 1.82) is 0 Å². The lowest BCUT2D eigenvalue weighted by atomic mass is 9.59. The van der Waals surface area contributed by atoms with Gasteiger partial charge in [0.1, 0.15) is 0 Å². The van der Waals surface area contributed by atoms with Gasteiger partial charge in [-0.1, -0.05) is 79.0 Å². The molecule has 3 aliphatic rings. The van der Waals surface area contributed by atoms with E-state index in [1.165, 1.54) is 24.3 Å². The summed E-state index contributed by atoms with van der Waals surface area (Å²) in [5, 5.41) is 12.8. The number of amides is 6. The molecule has 3 rings (SSSR count). The third-order valence-corrected chi connectivity index (χ3v) is 15.3. The maximum atomic E-state index is 13.5. The molecular weight excluding hydrogens is 805 g/mol. The summed E-state index contributed by atoms with van der Waals surface area (Å²) >= 11 is 0. The number of hydrogen-bond acceptors (Lipinski definition) is 6. The van der Waals surface area contributed by atoms with Crippen molar-refractivity contribution in [1.82, 2.24) is 31.1 Å². The second-order valence-electron chi connectivity index (χ2n) is 20.8. The smallest absolute Gasteiger partial charge is 0.247 e. The number of carbonyl (C=O) groups excluding carboxylic acids is 6. The van der Waals surface area contributed by atoms with Crippen LogP contribution in [0.15, 0.2) is 72.9 Å². The van der Waals surface area contributed by atoms with E-state index in [-0.39, 0.29) is 70.2 Å². The number of rotatable bonds is 18. The van der Waals surface area contributed by atoms with Gasteiger partial charge in [-0.2, -0.15) is 0 Å². The first-order valence-electron chi connectivity index (χ1n) is 23.6. The molecule has 0 aromatic heterocycles. The molecule has 4 N–H and O–H groups in total. The lowest BCUT2D eigenvalue weighted by Gasteiger charge is -2.53. The molecular formula is C52H82N6O6. The van der Waals surface area contributed by atoms with E-state index in [0.29, 0.717) is 68.3 Å². The molecule has 0 saturated heterocycles. The molecule has 0 bridgehead atoms. The highest BCUT2D eigenvalue weighted by atomic mass is 16.2. The first-order valence-corrected chi connectivity index (χ1v) is 23.6. The summed E-state index contributed by atoms with van der Waals surface area (Å²) in [6.07, 6.45) is 19.1. The third kappa shape index (κ3) is 14.1. The molecule has 12 nitrogen and oxygen atoms in total. The zero-order valence-corrected chi connectivity index (χ0v) is 41.3. The van der Waals surface area contributed by atoms with Crippen LogP contribution in [0.25, 0.3) is 0 Å². The Morgan fingerprint density at radius 3 is 1.48 bits per heavy atom. The maximum Gasteiger partial charge on any atom is 0.247 e. The topological polar surface area (TPSA) is 157 Å². The van der Waals surface area contributed by atoms with Gasteiger partial charge in [-0.25, -0.2) is 0 Å². The summed E-state index contributed by atoms with van der Waals surface area (Å²) in [5.41, 5.74) is -0.670. The van der Waals surface area contributed by atoms with Crippen molar-refractivity contribution >= 4 is 35.4 Å². The molecule has 356 valence electrons. The lowest BCUT2D eigenvalue weighted by Crippen LogP contribution is -2.63. The highest BCUT2D eigenvalue weighted by molar-refractivity contribution is 5.95. The second kappa shape index (κ2) is 22.9. The number of nitrogens with zero attached hydrogens (tertiary/aromatic N) is 2. The van der Waals surface area contributed by atoms with Crippen molar-refractivity contribution in [2.75, 3.05) is 26.2 Å². The van der Waals surface area contributed by atoms with E-state index in [1.54, 1.807) is 38.2 Å². The minimum absolute atomic E-state index is 0.0201. The SMILES string of the molecule is C=CC(=O)NC1(C)CC(C)C(NC(=O)/C=C\C=C(\C)C(=O)NC2(C)CC(C)C(NC(=O)/C(C)=C/C=C/C(=O)N(CC)CC3CCC(CN(CC)C(=O)C=C)CC3)CC2(C)C)CC1(C)C. The molecule has 0 aromatic carbocycles. The second-order valence-corrected chi connectivity index (χ2v) is 20.8. The van der Waals surface area contributed by atoms with Crippen LogP contribution in [-0.4, -0.2) is 94.6 Å². The van der Waals surface area contributed by atoms with Crippen LogP contribution < -0.4 is 21.3 Å². The van der Waals surface area contributed by atoms with Gasteiger partial charge in [-0.05, 0) is 140 Å². The number of nitrogens with one attached hydrogen (secondary N) is 4. The molecule has 6 unspecified atom stereocenters. The molecule has 0 spiro atoms. The highest BCUT2D eigenvalue weighted by Gasteiger charge is 2.51. The molecule has 12 heteroatoms. The van der Waals surface area contributed by atoms with Crippen LogP contribution in [-0.2, 0) is 28.8 Å². The number of hydrogen-bond donors (Lipinski definition) is 4. The number of allylic oxidation sites excluding steroid dienone is 4. The third-order valence-electron chi connectivity index (χ3n) is 15.3. The van der Waals surface area contributed by atoms with E-state index in [9.17, 15) is 28.8 Å². The van der Waals surface area contributed by atoms with Crippen molar-refractivity contribution in [3.8, 4) is 0 Å². The van der Waals surface area contributed by atoms with Crippen LogP contribution in [0.4, 0.5) is 0 Å². The first kappa shape index (κ1) is 53.6. The number of carbonyl (C=O) groups is 6. The predicted octanol–water partition coefficient (Wildman–Crippen LogP) is 7.50. The Bertz CT molecular complexity index is 1850. The fourth-order valence-electron chi connectivity index (χ4n) is 10.00. The minimum Gasteiger partial charge on any atom is -0.350 e.